The average Bonchev–Trinajstić information content (AvgIpc) is 2.41. The number of hydrogen-bond donors (Lipinski definition) is 1. The summed E-state index contributed by atoms with van der Waals surface area (Å²) in [5.74, 6) is -0.155. The smallest absolute Gasteiger partial charge is 0.260 e. The summed E-state index contributed by atoms with van der Waals surface area (Å²) in [6.45, 7) is 1.92. The van der Waals surface area contributed by atoms with E-state index >= 15 is 0 Å². The summed E-state index contributed by atoms with van der Waals surface area (Å²) < 4.78 is 0. The lowest BCUT2D eigenvalue weighted by Crippen LogP contribution is -2.27. The molecule has 0 heterocycles. The Hall–Kier alpha value is -2.00. The number of nitrogen functional groups attached to an aromatic ring is 1. The van der Waals surface area contributed by atoms with Crippen molar-refractivity contribution in [1.29, 1.82) is 0 Å². The van der Waals surface area contributed by atoms with Gasteiger partial charge in [0.2, 0.25) is 0 Å². The van der Waals surface area contributed by atoms with Crippen molar-refractivity contribution in [2.75, 3.05) is 17.7 Å². The third kappa shape index (κ3) is 2.71. The van der Waals surface area contributed by atoms with Crippen LogP contribution in [0.5, 0.6) is 0 Å². The highest BCUT2D eigenvalue weighted by Gasteiger charge is 2.16. The minimum atomic E-state index is -0.155. The van der Waals surface area contributed by atoms with E-state index in [1.165, 1.54) is 4.90 Å². The lowest BCUT2D eigenvalue weighted by atomic mass is 10.1. The van der Waals surface area contributed by atoms with E-state index in [1.54, 1.807) is 37.4 Å². The van der Waals surface area contributed by atoms with Gasteiger partial charge in [-0.15, -0.1) is 0 Å². The molecule has 0 atom stereocenters. The molecule has 2 N–H and O–H groups in total. The molecule has 2 aromatic rings. The molecule has 19 heavy (non-hydrogen) atoms. The van der Waals surface area contributed by atoms with Gasteiger partial charge in [0.15, 0.2) is 0 Å². The Morgan fingerprint density at radius 2 is 1.89 bits per heavy atom. The molecule has 0 saturated carbocycles. The fourth-order valence-electron chi connectivity index (χ4n) is 1.78. The molecule has 0 spiro atoms. The highest BCUT2D eigenvalue weighted by atomic mass is 35.5. The Labute approximate surface area is 117 Å². The average molecular weight is 275 g/mol. The summed E-state index contributed by atoms with van der Waals surface area (Å²) >= 11 is 6.08. The maximum Gasteiger partial charge on any atom is 0.260 e. The third-order valence-electron chi connectivity index (χ3n) is 3.04. The van der Waals surface area contributed by atoms with E-state index in [-0.39, 0.29) is 5.91 Å². The highest BCUT2D eigenvalue weighted by Crippen LogP contribution is 2.24. The lowest BCUT2D eigenvalue weighted by Gasteiger charge is -2.19. The van der Waals surface area contributed by atoms with Gasteiger partial charge in [0.1, 0.15) is 0 Å². The molecule has 2 rings (SSSR count). The summed E-state index contributed by atoms with van der Waals surface area (Å²) in [5, 5.41) is 0.637. The van der Waals surface area contributed by atoms with Crippen molar-refractivity contribution < 1.29 is 4.79 Å². The molecule has 1 amide bonds. The molecule has 0 unspecified atom stereocenters. The first kappa shape index (κ1) is 13.4. The molecule has 0 saturated heterocycles. The minimum absolute atomic E-state index is 0.155. The molecule has 4 heteroatoms. The first-order valence-electron chi connectivity index (χ1n) is 5.89. The molecule has 0 fully saturated rings. The van der Waals surface area contributed by atoms with Crippen LogP contribution in [0, 0.1) is 6.92 Å². The zero-order valence-electron chi connectivity index (χ0n) is 10.9. The number of para-hydroxylation sites is 1. The normalized spacial score (nSPS) is 10.3. The topological polar surface area (TPSA) is 46.3 Å². The zero-order valence-corrected chi connectivity index (χ0v) is 11.6. The molecule has 0 aliphatic heterocycles. The first-order chi connectivity index (χ1) is 9.00. The number of hydrogen-bond acceptors (Lipinski definition) is 2. The van der Waals surface area contributed by atoms with Crippen LogP contribution >= 0.6 is 11.6 Å². The summed E-state index contributed by atoms with van der Waals surface area (Å²) in [6.07, 6.45) is 0. The van der Waals surface area contributed by atoms with Crippen LogP contribution in [0.1, 0.15) is 15.9 Å². The number of nitrogens with zero attached hydrogens (tertiary/aromatic N) is 1. The van der Waals surface area contributed by atoms with Crippen LogP contribution in [0.15, 0.2) is 42.5 Å². The summed E-state index contributed by atoms with van der Waals surface area (Å²) in [7, 11) is 1.70. The van der Waals surface area contributed by atoms with Crippen LogP contribution < -0.4 is 10.6 Å². The van der Waals surface area contributed by atoms with E-state index in [4.69, 9.17) is 17.3 Å². The predicted molar refractivity (Wildman–Crippen MR) is 79.8 cm³/mol. The van der Waals surface area contributed by atoms with E-state index in [0.717, 1.165) is 11.3 Å². The Balaban J connectivity index is 2.34. The van der Waals surface area contributed by atoms with Crippen molar-refractivity contribution in [3.8, 4) is 0 Å². The molecule has 0 aliphatic carbocycles. The Morgan fingerprint density at radius 3 is 2.53 bits per heavy atom. The van der Waals surface area contributed by atoms with Crippen LogP contribution in [-0.2, 0) is 0 Å². The molecule has 0 aliphatic rings. The fourth-order valence-corrected chi connectivity index (χ4v) is 1.95. The van der Waals surface area contributed by atoms with Gasteiger partial charge in [-0.25, -0.2) is 0 Å². The van der Waals surface area contributed by atoms with Crippen molar-refractivity contribution in [3.63, 3.8) is 0 Å². The second-order valence-corrected chi connectivity index (χ2v) is 4.79. The van der Waals surface area contributed by atoms with Gasteiger partial charge < -0.3 is 10.6 Å². The van der Waals surface area contributed by atoms with E-state index in [2.05, 4.69) is 0 Å². The van der Waals surface area contributed by atoms with Gasteiger partial charge in [0.25, 0.3) is 5.91 Å². The van der Waals surface area contributed by atoms with Gasteiger partial charge in [0, 0.05) is 23.4 Å². The maximum absolute atomic E-state index is 12.4. The van der Waals surface area contributed by atoms with Crippen molar-refractivity contribution in [2.24, 2.45) is 0 Å². The van der Waals surface area contributed by atoms with Gasteiger partial charge in [0.05, 0.1) is 5.56 Å². The number of carbonyl (C=O) groups excluding carboxylic acids is 1. The number of halogens is 1. The van der Waals surface area contributed by atoms with Crippen LogP contribution in [0.2, 0.25) is 5.02 Å². The van der Waals surface area contributed by atoms with Crippen molar-refractivity contribution in [3.05, 3.63) is 58.6 Å². The number of aryl methyl sites for hydroxylation is 1. The maximum atomic E-state index is 12.4. The third-order valence-corrected chi connectivity index (χ3v) is 3.45. The van der Waals surface area contributed by atoms with E-state index in [9.17, 15) is 4.79 Å². The quantitative estimate of drug-likeness (QED) is 0.852. The molecule has 98 valence electrons. The summed E-state index contributed by atoms with van der Waals surface area (Å²) in [4.78, 5) is 13.9. The SMILES string of the molecule is Cc1ccc(N(C)C(=O)c2ccccc2N)cc1Cl. The highest BCUT2D eigenvalue weighted by molar-refractivity contribution is 6.31. The van der Waals surface area contributed by atoms with Crippen molar-refractivity contribution in [1.82, 2.24) is 0 Å². The fraction of sp³-hybridized carbons (Fsp3) is 0.133. The van der Waals surface area contributed by atoms with Gasteiger partial charge in [-0.3, -0.25) is 4.79 Å². The van der Waals surface area contributed by atoms with Gasteiger partial charge in [-0.1, -0.05) is 29.8 Å². The monoisotopic (exact) mass is 274 g/mol. The number of rotatable bonds is 2. The molecular formula is C15H15ClN2O. The van der Waals surface area contributed by atoms with Crippen LogP contribution in [0.25, 0.3) is 0 Å². The molecule has 0 bridgehead atoms. The summed E-state index contributed by atoms with van der Waals surface area (Å²) in [6, 6.07) is 12.5. The minimum Gasteiger partial charge on any atom is -0.398 e. The zero-order chi connectivity index (χ0) is 14.0. The predicted octanol–water partition coefficient (Wildman–Crippen LogP) is 3.51. The van der Waals surface area contributed by atoms with E-state index in [0.29, 0.717) is 16.3 Å². The van der Waals surface area contributed by atoms with Crippen LogP contribution in [0.3, 0.4) is 0 Å². The second kappa shape index (κ2) is 5.33. The Kier molecular flexibility index (Phi) is 3.76. The Bertz CT molecular complexity index is 625. The molecule has 0 aromatic heterocycles. The van der Waals surface area contributed by atoms with Gasteiger partial charge in [-0.2, -0.15) is 0 Å². The largest absolute Gasteiger partial charge is 0.398 e. The lowest BCUT2D eigenvalue weighted by molar-refractivity contribution is 0.0994. The number of amides is 1. The summed E-state index contributed by atoms with van der Waals surface area (Å²) in [5.41, 5.74) is 8.49. The van der Waals surface area contributed by atoms with Gasteiger partial charge in [-0.05, 0) is 36.8 Å². The van der Waals surface area contributed by atoms with Crippen LogP contribution in [0.4, 0.5) is 11.4 Å². The second-order valence-electron chi connectivity index (χ2n) is 4.38. The molecule has 3 nitrogen and oxygen atoms in total. The van der Waals surface area contributed by atoms with Crippen molar-refractivity contribution >= 4 is 28.9 Å². The number of benzene rings is 2. The first-order valence-corrected chi connectivity index (χ1v) is 6.27. The molecule has 2 aromatic carbocycles. The Morgan fingerprint density at radius 1 is 1.21 bits per heavy atom. The molecular weight excluding hydrogens is 260 g/mol. The number of anilines is 2. The number of nitrogens with two attached hydrogens (primary N) is 1. The van der Waals surface area contributed by atoms with Crippen LogP contribution in [-0.4, -0.2) is 13.0 Å². The number of carbonyl (C=O) groups is 1. The molecule has 0 radical (unpaired) electrons. The standard InChI is InChI=1S/C15H15ClN2O/c1-10-7-8-11(9-13(10)16)18(2)15(19)12-5-3-4-6-14(12)17/h3-9H,17H2,1-2H3. The van der Waals surface area contributed by atoms with Crippen molar-refractivity contribution in [2.45, 2.75) is 6.92 Å². The van der Waals surface area contributed by atoms with E-state index < -0.39 is 0 Å². The van der Waals surface area contributed by atoms with E-state index in [1.807, 2.05) is 19.1 Å². The van der Waals surface area contributed by atoms with Gasteiger partial charge >= 0.3 is 0 Å².